The predicted molar refractivity (Wildman–Crippen MR) is 70.0 cm³/mol. The number of hydrogen-bond acceptors (Lipinski definition) is 4. The van der Waals surface area contributed by atoms with Crippen molar-refractivity contribution in [3.05, 3.63) is 53.6 Å². The van der Waals surface area contributed by atoms with Crippen LogP contribution < -0.4 is 0 Å². The highest BCUT2D eigenvalue weighted by molar-refractivity contribution is 7.98. The largest absolute Gasteiger partial charge is 0.478 e. The number of carbonyl (C=O) groups is 1. The van der Waals surface area contributed by atoms with E-state index in [0.29, 0.717) is 4.90 Å². The second-order valence-electron chi connectivity index (χ2n) is 4.00. The molecule has 2 rings (SSSR count). The molecule has 0 atom stereocenters. The molecule has 2 aromatic rings. The fourth-order valence-corrected chi connectivity index (χ4v) is 2.48. The molecule has 1 heterocycles. The molecule has 0 saturated carbocycles. The Bertz CT molecular complexity index is 662. The third kappa shape index (κ3) is 3.94. The molecule has 1 aromatic carbocycles. The molecule has 0 radical (unpaired) electrons. The van der Waals surface area contributed by atoms with Gasteiger partial charge < -0.3 is 5.11 Å². The van der Waals surface area contributed by atoms with E-state index in [9.17, 15) is 18.0 Å². The first kappa shape index (κ1) is 15.3. The van der Waals surface area contributed by atoms with Crippen molar-refractivity contribution < 1.29 is 23.1 Å². The lowest BCUT2D eigenvalue weighted by Crippen LogP contribution is -2.05. The van der Waals surface area contributed by atoms with E-state index < -0.39 is 17.7 Å². The van der Waals surface area contributed by atoms with Gasteiger partial charge >= 0.3 is 12.1 Å². The zero-order valence-electron chi connectivity index (χ0n) is 10.5. The number of rotatable bonds is 4. The normalized spacial score (nSPS) is 11.4. The van der Waals surface area contributed by atoms with Crippen LogP contribution in [0.5, 0.6) is 0 Å². The number of thioether (sulfide) groups is 1. The van der Waals surface area contributed by atoms with Gasteiger partial charge in [-0.2, -0.15) is 13.2 Å². The van der Waals surface area contributed by atoms with Crippen molar-refractivity contribution in [2.24, 2.45) is 0 Å². The second-order valence-corrected chi connectivity index (χ2v) is 5.05. The van der Waals surface area contributed by atoms with Crippen molar-refractivity contribution in [3.63, 3.8) is 0 Å². The number of benzene rings is 1. The maximum atomic E-state index is 12.6. The molecule has 1 aromatic heterocycles. The molecule has 0 saturated heterocycles. The van der Waals surface area contributed by atoms with Crippen LogP contribution in [0.3, 0.4) is 0 Å². The molecular weight excluding hydrogens is 305 g/mol. The molecular formula is C13H9F3N2O2S. The Morgan fingerprint density at radius 3 is 2.76 bits per heavy atom. The Morgan fingerprint density at radius 1 is 1.33 bits per heavy atom. The van der Waals surface area contributed by atoms with Crippen LogP contribution in [0.4, 0.5) is 13.2 Å². The van der Waals surface area contributed by atoms with Crippen LogP contribution in [-0.2, 0) is 11.9 Å². The van der Waals surface area contributed by atoms with Crippen molar-refractivity contribution in [1.29, 1.82) is 0 Å². The summed E-state index contributed by atoms with van der Waals surface area (Å²) in [6.07, 6.45) is -2.04. The molecule has 0 amide bonds. The fourth-order valence-electron chi connectivity index (χ4n) is 1.56. The summed E-state index contributed by atoms with van der Waals surface area (Å²) in [6, 6.07) is 4.84. The van der Waals surface area contributed by atoms with Crippen LogP contribution in [0.15, 0.2) is 41.7 Å². The van der Waals surface area contributed by atoms with Gasteiger partial charge in [0.1, 0.15) is 11.9 Å². The van der Waals surface area contributed by atoms with Crippen LogP contribution in [0, 0.1) is 0 Å². The Kier molecular flexibility index (Phi) is 4.46. The van der Waals surface area contributed by atoms with Crippen molar-refractivity contribution in [2.45, 2.75) is 16.8 Å². The van der Waals surface area contributed by atoms with Crippen molar-refractivity contribution in [3.8, 4) is 0 Å². The molecule has 0 aliphatic heterocycles. The van der Waals surface area contributed by atoms with Crippen LogP contribution in [-0.4, -0.2) is 21.0 Å². The van der Waals surface area contributed by atoms with E-state index in [1.54, 1.807) is 0 Å². The van der Waals surface area contributed by atoms with E-state index >= 15 is 0 Å². The van der Waals surface area contributed by atoms with Crippen molar-refractivity contribution in [1.82, 2.24) is 9.97 Å². The van der Waals surface area contributed by atoms with E-state index in [4.69, 9.17) is 5.11 Å². The summed E-state index contributed by atoms with van der Waals surface area (Å²) in [5.41, 5.74) is -0.537. The lowest BCUT2D eigenvalue weighted by atomic mass is 10.2. The average molecular weight is 314 g/mol. The molecule has 0 spiro atoms. The maximum absolute atomic E-state index is 12.6. The number of nitrogens with zero attached hydrogens (tertiary/aromatic N) is 2. The summed E-state index contributed by atoms with van der Waals surface area (Å²) in [6.45, 7) is 0. The monoisotopic (exact) mass is 314 g/mol. The van der Waals surface area contributed by atoms with Crippen LogP contribution in [0.25, 0.3) is 0 Å². The number of aromatic nitrogens is 2. The van der Waals surface area contributed by atoms with Gasteiger partial charge in [0.15, 0.2) is 0 Å². The molecule has 0 unspecified atom stereocenters. The topological polar surface area (TPSA) is 63.1 Å². The summed E-state index contributed by atoms with van der Waals surface area (Å²) in [4.78, 5) is 18.8. The molecule has 110 valence electrons. The lowest BCUT2D eigenvalue weighted by Gasteiger charge is -2.08. The van der Waals surface area contributed by atoms with Gasteiger partial charge in [-0.1, -0.05) is 6.07 Å². The third-order valence-corrected chi connectivity index (χ3v) is 3.57. The highest BCUT2D eigenvalue weighted by Crippen LogP contribution is 2.32. The number of carboxylic acid groups (broad SMARTS) is 1. The fraction of sp³-hybridized carbons (Fsp3) is 0.154. The summed E-state index contributed by atoms with van der Waals surface area (Å²) >= 11 is 1.08. The van der Waals surface area contributed by atoms with Crippen LogP contribution in [0.1, 0.15) is 21.6 Å². The summed E-state index contributed by atoms with van der Waals surface area (Å²) < 4.78 is 37.8. The predicted octanol–water partition coefficient (Wildman–Crippen LogP) is 3.49. The highest BCUT2D eigenvalue weighted by atomic mass is 32.2. The maximum Gasteiger partial charge on any atom is 0.416 e. The minimum atomic E-state index is -4.41. The van der Waals surface area contributed by atoms with Gasteiger partial charge in [0.2, 0.25) is 0 Å². The van der Waals surface area contributed by atoms with Crippen molar-refractivity contribution >= 4 is 17.7 Å². The zero-order chi connectivity index (χ0) is 15.5. The van der Waals surface area contributed by atoms with Gasteiger partial charge in [-0.15, -0.1) is 11.8 Å². The van der Waals surface area contributed by atoms with Gasteiger partial charge in [0.25, 0.3) is 0 Å². The summed E-state index contributed by atoms with van der Waals surface area (Å²) in [5, 5.41) is 8.98. The quantitative estimate of drug-likeness (QED) is 0.875. The van der Waals surface area contributed by atoms with Gasteiger partial charge in [-0.25, -0.2) is 14.8 Å². The molecule has 0 bridgehead atoms. The van der Waals surface area contributed by atoms with E-state index in [1.165, 1.54) is 18.5 Å². The molecule has 0 aliphatic rings. The Labute approximate surface area is 122 Å². The Morgan fingerprint density at radius 2 is 2.10 bits per heavy atom. The van der Waals surface area contributed by atoms with E-state index in [2.05, 4.69) is 9.97 Å². The minimum absolute atomic E-state index is 0.0584. The number of carboxylic acids is 1. The lowest BCUT2D eigenvalue weighted by molar-refractivity contribution is -0.137. The first-order chi connectivity index (χ1) is 9.88. The molecule has 4 nitrogen and oxygen atoms in total. The van der Waals surface area contributed by atoms with E-state index in [1.807, 2.05) is 0 Å². The standard InChI is InChI=1S/C13H9F3N2O2S/c14-13(15,16)8-2-1-3-9(4-8)21-6-11-10(12(19)20)5-17-7-18-11/h1-5,7H,6H2,(H,19,20). The van der Waals surface area contributed by atoms with E-state index in [-0.39, 0.29) is 17.0 Å². The minimum Gasteiger partial charge on any atom is -0.478 e. The zero-order valence-corrected chi connectivity index (χ0v) is 11.3. The van der Waals surface area contributed by atoms with Crippen LogP contribution >= 0.6 is 11.8 Å². The summed E-state index contributed by atoms with van der Waals surface area (Å²) in [7, 11) is 0. The van der Waals surface area contributed by atoms with Crippen molar-refractivity contribution in [2.75, 3.05) is 0 Å². The second kappa shape index (κ2) is 6.13. The smallest absolute Gasteiger partial charge is 0.416 e. The molecule has 0 fully saturated rings. The third-order valence-electron chi connectivity index (χ3n) is 2.56. The number of alkyl halides is 3. The number of halogens is 3. The first-order valence-electron chi connectivity index (χ1n) is 5.70. The average Bonchev–Trinajstić information content (AvgIpc) is 2.45. The van der Waals surface area contributed by atoms with Gasteiger partial charge in [0.05, 0.1) is 11.3 Å². The molecule has 1 N–H and O–H groups in total. The summed E-state index contributed by atoms with van der Waals surface area (Å²) in [5.74, 6) is -1.03. The SMILES string of the molecule is O=C(O)c1cncnc1CSc1cccc(C(F)(F)F)c1. The van der Waals surface area contributed by atoms with Gasteiger partial charge in [-0.3, -0.25) is 0 Å². The molecule has 21 heavy (non-hydrogen) atoms. The number of aromatic carboxylic acids is 1. The highest BCUT2D eigenvalue weighted by Gasteiger charge is 2.30. The van der Waals surface area contributed by atoms with Crippen LogP contribution in [0.2, 0.25) is 0 Å². The van der Waals surface area contributed by atoms with Gasteiger partial charge in [0, 0.05) is 16.8 Å². The van der Waals surface area contributed by atoms with E-state index in [0.717, 1.165) is 30.1 Å². The van der Waals surface area contributed by atoms with Gasteiger partial charge in [-0.05, 0) is 18.2 Å². The molecule has 0 aliphatic carbocycles. The number of hydrogen-bond donors (Lipinski definition) is 1. The molecule has 8 heteroatoms. The Balaban J connectivity index is 2.16. The Hall–Kier alpha value is -2.09. The first-order valence-corrected chi connectivity index (χ1v) is 6.68.